The van der Waals surface area contributed by atoms with Crippen LogP contribution in [0.4, 0.5) is 0 Å². The number of aliphatic hydroxyl groups excluding tert-OH is 1. The van der Waals surface area contributed by atoms with Crippen molar-refractivity contribution >= 4 is 0 Å². The highest BCUT2D eigenvalue weighted by Gasteiger charge is 2.32. The molecule has 0 bridgehead atoms. The Balaban J connectivity index is 1.64. The van der Waals surface area contributed by atoms with Crippen molar-refractivity contribution in [2.45, 2.75) is 43.9 Å². The SMILES string of the molecule is COCCOCC(O)CN(CC1CCCN1)C1CC1. The number of hydrogen-bond acceptors (Lipinski definition) is 5. The normalized spacial score (nSPS) is 25.1. The number of aliphatic hydroxyl groups is 1. The van der Waals surface area contributed by atoms with Gasteiger partial charge in [-0.1, -0.05) is 0 Å². The van der Waals surface area contributed by atoms with E-state index in [1.54, 1.807) is 7.11 Å². The number of ether oxygens (including phenoxy) is 2. The van der Waals surface area contributed by atoms with Gasteiger partial charge in [-0.2, -0.15) is 0 Å². The molecule has 1 saturated heterocycles. The molecule has 0 aromatic carbocycles. The Morgan fingerprint density at radius 2 is 2.16 bits per heavy atom. The lowest BCUT2D eigenvalue weighted by atomic mass is 10.2. The molecule has 2 atom stereocenters. The summed E-state index contributed by atoms with van der Waals surface area (Å²) >= 11 is 0. The Morgan fingerprint density at radius 1 is 1.32 bits per heavy atom. The molecule has 112 valence electrons. The third-order valence-corrected chi connectivity index (χ3v) is 3.87. The van der Waals surface area contributed by atoms with Crippen LogP contribution >= 0.6 is 0 Å². The summed E-state index contributed by atoms with van der Waals surface area (Å²) in [7, 11) is 1.66. The van der Waals surface area contributed by atoms with Gasteiger partial charge in [0.2, 0.25) is 0 Å². The van der Waals surface area contributed by atoms with Crippen LogP contribution < -0.4 is 5.32 Å². The average molecular weight is 272 g/mol. The van der Waals surface area contributed by atoms with Crippen molar-refractivity contribution in [1.82, 2.24) is 10.2 Å². The fourth-order valence-corrected chi connectivity index (χ4v) is 2.69. The largest absolute Gasteiger partial charge is 0.389 e. The summed E-state index contributed by atoms with van der Waals surface area (Å²) in [5, 5.41) is 13.6. The van der Waals surface area contributed by atoms with Crippen LogP contribution in [0.15, 0.2) is 0 Å². The van der Waals surface area contributed by atoms with Crippen molar-refractivity contribution in [3.05, 3.63) is 0 Å². The third kappa shape index (κ3) is 5.75. The summed E-state index contributed by atoms with van der Waals surface area (Å²) in [5.41, 5.74) is 0. The van der Waals surface area contributed by atoms with E-state index < -0.39 is 0 Å². The smallest absolute Gasteiger partial charge is 0.0900 e. The van der Waals surface area contributed by atoms with Gasteiger partial charge in [0.1, 0.15) is 0 Å². The molecule has 2 fully saturated rings. The maximum Gasteiger partial charge on any atom is 0.0900 e. The highest BCUT2D eigenvalue weighted by atomic mass is 16.5. The molecule has 5 nitrogen and oxygen atoms in total. The van der Waals surface area contributed by atoms with E-state index in [-0.39, 0.29) is 6.10 Å². The highest BCUT2D eigenvalue weighted by molar-refractivity contribution is 4.89. The topological polar surface area (TPSA) is 54.0 Å². The molecule has 19 heavy (non-hydrogen) atoms. The van der Waals surface area contributed by atoms with Crippen LogP contribution in [0.5, 0.6) is 0 Å². The number of rotatable bonds is 10. The van der Waals surface area contributed by atoms with Gasteiger partial charge in [0.05, 0.1) is 25.9 Å². The van der Waals surface area contributed by atoms with E-state index >= 15 is 0 Å². The van der Waals surface area contributed by atoms with Gasteiger partial charge < -0.3 is 19.9 Å². The molecule has 0 spiro atoms. The van der Waals surface area contributed by atoms with E-state index in [0.29, 0.717) is 31.9 Å². The molecule has 1 aliphatic carbocycles. The fourth-order valence-electron chi connectivity index (χ4n) is 2.69. The van der Waals surface area contributed by atoms with Crippen LogP contribution in [0.2, 0.25) is 0 Å². The summed E-state index contributed by atoms with van der Waals surface area (Å²) in [5.74, 6) is 0. The average Bonchev–Trinajstić information content (AvgIpc) is 3.13. The van der Waals surface area contributed by atoms with Gasteiger partial charge in [-0.05, 0) is 32.2 Å². The summed E-state index contributed by atoms with van der Waals surface area (Å²) < 4.78 is 10.3. The predicted molar refractivity (Wildman–Crippen MR) is 74.3 cm³/mol. The van der Waals surface area contributed by atoms with Crippen LogP contribution in [-0.2, 0) is 9.47 Å². The van der Waals surface area contributed by atoms with E-state index in [2.05, 4.69) is 10.2 Å². The fraction of sp³-hybridized carbons (Fsp3) is 1.00. The summed E-state index contributed by atoms with van der Waals surface area (Å²) in [6, 6.07) is 1.30. The first-order valence-electron chi connectivity index (χ1n) is 7.51. The molecule has 1 aliphatic heterocycles. The summed E-state index contributed by atoms with van der Waals surface area (Å²) in [4.78, 5) is 2.44. The lowest BCUT2D eigenvalue weighted by molar-refractivity contribution is -0.00251. The molecule has 0 amide bonds. The first kappa shape index (κ1) is 15.2. The second kappa shape index (κ2) is 8.17. The summed E-state index contributed by atoms with van der Waals surface area (Å²) in [6.45, 7) is 4.50. The van der Waals surface area contributed by atoms with E-state index in [0.717, 1.165) is 19.6 Å². The van der Waals surface area contributed by atoms with E-state index in [9.17, 15) is 5.11 Å². The van der Waals surface area contributed by atoms with Crippen molar-refractivity contribution in [2.75, 3.05) is 46.6 Å². The molecule has 1 saturated carbocycles. The molecule has 0 aromatic rings. The molecule has 2 aliphatic rings. The maximum atomic E-state index is 10.0. The minimum Gasteiger partial charge on any atom is -0.389 e. The van der Waals surface area contributed by atoms with Gasteiger partial charge in [-0.25, -0.2) is 0 Å². The number of nitrogens with one attached hydrogen (secondary N) is 1. The number of nitrogens with zero attached hydrogens (tertiary/aromatic N) is 1. The van der Waals surface area contributed by atoms with Gasteiger partial charge in [-0.15, -0.1) is 0 Å². The van der Waals surface area contributed by atoms with Crippen LogP contribution in [0.3, 0.4) is 0 Å². The summed E-state index contributed by atoms with van der Waals surface area (Å²) in [6.07, 6.45) is 4.72. The lowest BCUT2D eigenvalue weighted by Crippen LogP contribution is -2.43. The van der Waals surface area contributed by atoms with Crippen molar-refractivity contribution in [3.63, 3.8) is 0 Å². The first-order chi connectivity index (χ1) is 9.29. The van der Waals surface area contributed by atoms with Crippen molar-refractivity contribution in [2.24, 2.45) is 0 Å². The zero-order valence-corrected chi connectivity index (χ0v) is 12.0. The molecule has 1 heterocycles. The van der Waals surface area contributed by atoms with Gasteiger partial charge in [0, 0.05) is 32.3 Å². The Kier molecular flexibility index (Phi) is 6.53. The van der Waals surface area contributed by atoms with E-state index in [1.165, 1.54) is 25.7 Å². The van der Waals surface area contributed by atoms with Crippen LogP contribution in [0.25, 0.3) is 0 Å². The van der Waals surface area contributed by atoms with Crippen molar-refractivity contribution in [3.8, 4) is 0 Å². The molecule has 2 rings (SSSR count). The number of methoxy groups -OCH3 is 1. The van der Waals surface area contributed by atoms with Gasteiger partial charge in [0.15, 0.2) is 0 Å². The van der Waals surface area contributed by atoms with Gasteiger partial charge in [-0.3, -0.25) is 4.90 Å². The predicted octanol–water partition coefficient (Wildman–Crippen LogP) is 0.227. The Morgan fingerprint density at radius 3 is 2.79 bits per heavy atom. The molecule has 0 aromatic heterocycles. The molecular weight excluding hydrogens is 244 g/mol. The van der Waals surface area contributed by atoms with Crippen LogP contribution in [0, 0.1) is 0 Å². The standard InChI is InChI=1S/C14H28N2O3/c1-18-7-8-19-11-14(17)10-16(13-4-5-13)9-12-3-2-6-15-12/h12-15,17H,2-11H2,1H3. The second-order valence-corrected chi connectivity index (χ2v) is 5.70. The molecular formula is C14H28N2O3. The molecule has 2 N–H and O–H groups in total. The molecule has 2 unspecified atom stereocenters. The third-order valence-electron chi connectivity index (χ3n) is 3.87. The van der Waals surface area contributed by atoms with E-state index in [1.807, 2.05) is 0 Å². The molecule has 5 heteroatoms. The van der Waals surface area contributed by atoms with E-state index in [4.69, 9.17) is 9.47 Å². The number of hydrogen-bond donors (Lipinski definition) is 2. The Hall–Kier alpha value is -0.200. The monoisotopic (exact) mass is 272 g/mol. The van der Waals surface area contributed by atoms with Crippen molar-refractivity contribution < 1.29 is 14.6 Å². The van der Waals surface area contributed by atoms with Gasteiger partial charge >= 0.3 is 0 Å². The zero-order valence-electron chi connectivity index (χ0n) is 12.0. The minimum atomic E-state index is -0.390. The Bertz CT molecular complexity index is 243. The first-order valence-corrected chi connectivity index (χ1v) is 7.51. The Labute approximate surface area is 116 Å². The maximum absolute atomic E-state index is 10.0. The zero-order chi connectivity index (χ0) is 13.5. The van der Waals surface area contributed by atoms with Gasteiger partial charge in [0.25, 0.3) is 0 Å². The second-order valence-electron chi connectivity index (χ2n) is 5.70. The van der Waals surface area contributed by atoms with Crippen LogP contribution in [-0.4, -0.2) is 74.8 Å². The molecule has 0 radical (unpaired) electrons. The highest BCUT2D eigenvalue weighted by Crippen LogP contribution is 2.27. The lowest BCUT2D eigenvalue weighted by Gasteiger charge is -2.27. The van der Waals surface area contributed by atoms with Crippen LogP contribution in [0.1, 0.15) is 25.7 Å². The minimum absolute atomic E-state index is 0.390. The quantitative estimate of drug-likeness (QED) is 0.558. The van der Waals surface area contributed by atoms with Crippen molar-refractivity contribution in [1.29, 1.82) is 0 Å².